The predicted octanol–water partition coefficient (Wildman–Crippen LogP) is 1.27. The lowest BCUT2D eigenvalue weighted by Gasteiger charge is -2.41. The molecule has 1 N–H and O–H groups in total. The molecule has 6 nitrogen and oxygen atoms in total. The molecule has 1 aliphatic heterocycles. The number of nitrogens with zero attached hydrogens (tertiary/aromatic N) is 2. The van der Waals surface area contributed by atoms with Crippen molar-refractivity contribution in [3.05, 3.63) is 68.5 Å². The average Bonchev–Trinajstić information content (AvgIpc) is 2.58. The Bertz CT molecular complexity index is 869. The number of rotatable bonds is 2. The summed E-state index contributed by atoms with van der Waals surface area (Å²) < 4.78 is 1.22. The zero-order valence-corrected chi connectivity index (χ0v) is 13.9. The quantitative estimate of drug-likeness (QED) is 0.902. The average molecular weight is 327 g/mol. The van der Waals surface area contributed by atoms with Gasteiger partial charge in [0.1, 0.15) is 5.56 Å². The molecule has 1 aromatic heterocycles. The number of aromatic nitrogens is 2. The molecule has 1 aliphatic rings. The van der Waals surface area contributed by atoms with Gasteiger partial charge >= 0.3 is 5.69 Å². The van der Waals surface area contributed by atoms with E-state index in [0.717, 1.165) is 12.8 Å². The molecule has 1 aromatic carbocycles. The minimum Gasteiger partial charge on any atom is -0.338 e. The Morgan fingerprint density at radius 3 is 2.62 bits per heavy atom. The van der Waals surface area contributed by atoms with Gasteiger partial charge in [0.05, 0.1) is 0 Å². The molecule has 0 saturated carbocycles. The van der Waals surface area contributed by atoms with Crippen LogP contribution in [0.5, 0.6) is 0 Å². The van der Waals surface area contributed by atoms with Crippen LogP contribution in [0.3, 0.4) is 0 Å². The third-order valence-electron chi connectivity index (χ3n) is 4.79. The number of hydrogen-bond acceptors (Lipinski definition) is 3. The van der Waals surface area contributed by atoms with Crippen molar-refractivity contribution < 1.29 is 4.79 Å². The van der Waals surface area contributed by atoms with Crippen LogP contribution < -0.4 is 11.2 Å². The number of hydrogen-bond donors (Lipinski definition) is 1. The van der Waals surface area contributed by atoms with Gasteiger partial charge in [-0.1, -0.05) is 37.3 Å². The predicted molar refractivity (Wildman–Crippen MR) is 91.2 cm³/mol. The highest BCUT2D eigenvalue weighted by atomic mass is 16.2. The Labute approximate surface area is 139 Å². The van der Waals surface area contributed by atoms with Crippen LogP contribution in [-0.2, 0) is 12.5 Å². The van der Waals surface area contributed by atoms with Crippen molar-refractivity contribution in [2.45, 2.75) is 25.2 Å². The monoisotopic (exact) mass is 327 g/mol. The molecule has 3 rings (SSSR count). The summed E-state index contributed by atoms with van der Waals surface area (Å²) in [6.07, 6.45) is 3.18. The van der Waals surface area contributed by atoms with Crippen LogP contribution in [0.2, 0.25) is 0 Å². The lowest BCUT2D eigenvalue weighted by atomic mass is 9.76. The van der Waals surface area contributed by atoms with Crippen molar-refractivity contribution in [2.75, 3.05) is 13.1 Å². The number of carbonyl (C=O) groups is 1. The van der Waals surface area contributed by atoms with Gasteiger partial charge in [0, 0.05) is 31.7 Å². The van der Waals surface area contributed by atoms with Crippen molar-refractivity contribution in [2.24, 2.45) is 7.05 Å². The van der Waals surface area contributed by atoms with Crippen molar-refractivity contribution in [3.63, 3.8) is 0 Å². The molecule has 1 saturated heterocycles. The molecular weight excluding hydrogens is 306 g/mol. The second kappa shape index (κ2) is 6.11. The fourth-order valence-corrected chi connectivity index (χ4v) is 3.38. The van der Waals surface area contributed by atoms with E-state index in [-0.39, 0.29) is 16.9 Å². The first-order valence-electron chi connectivity index (χ1n) is 8.05. The number of nitrogens with one attached hydrogen (secondary N) is 1. The minimum absolute atomic E-state index is 0.00871. The van der Waals surface area contributed by atoms with Gasteiger partial charge in [-0.15, -0.1) is 0 Å². The number of piperidine rings is 1. The number of benzene rings is 1. The molecule has 1 fully saturated rings. The number of aromatic amines is 1. The Hall–Kier alpha value is -2.63. The van der Waals surface area contributed by atoms with E-state index >= 15 is 0 Å². The van der Waals surface area contributed by atoms with Crippen LogP contribution in [0.4, 0.5) is 0 Å². The summed E-state index contributed by atoms with van der Waals surface area (Å²) >= 11 is 0. The fraction of sp³-hybridized carbons (Fsp3) is 0.389. The maximum Gasteiger partial charge on any atom is 0.328 e. The van der Waals surface area contributed by atoms with Gasteiger partial charge in [-0.05, 0) is 18.4 Å². The van der Waals surface area contributed by atoms with E-state index in [9.17, 15) is 14.4 Å². The molecule has 0 aliphatic carbocycles. The molecule has 0 spiro atoms. The third-order valence-corrected chi connectivity index (χ3v) is 4.79. The van der Waals surface area contributed by atoms with E-state index in [1.54, 1.807) is 4.90 Å². The summed E-state index contributed by atoms with van der Waals surface area (Å²) in [6.45, 7) is 3.31. The number of carbonyl (C=O) groups excluding carboxylic acids is 1. The number of amides is 1. The van der Waals surface area contributed by atoms with E-state index < -0.39 is 11.2 Å². The van der Waals surface area contributed by atoms with Crippen LogP contribution in [0, 0.1) is 0 Å². The normalized spacial score (nSPS) is 20.8. The maximum absolute atomic E-state index is 12.8. The highest BCUT2D eigenvalue weighted by Gasteiger charge is 2.35. The van der Waals surface area contributed by atoms with Crippen LogP contribution >= 0.6 is 0 Å². The van der Waals surface area contributed by atoms with Crippen LogP contribution in [-0.4, -0.2) is 33.4 Å². The summed E-state index contributed by atoms with van der Waals surface area (Å²) in [4.78, 5) is 40.1. The Kier molecular flexibility index (Phi) is 4.13. The van der Waals surface area contributed by atoms with E-state index in [4.69, 9.17) is 0 Å². The Morgan fingerprint density at radius 2 is 1.92 bits per heavy atom. The van der Waals surface area contributed by atoms with Gasteiger partial charge < -0.3 is 9.47 Å². The SMILES string of the molecule is Cn1cc(C(=O)N2CCC[C@@](C)(c3ccccc3)C2)c(=O)[nH]c1=O. The maximum atomic E-state index is 12.8. The Morgan fingerprint density at radius 1 is 1.21 bits per heavy atom. The molecule has 126 valence electrons. The van der Waals surface area contributed by atoms with E-state index in [1.807, 2.05) is 18.2 Å². The van der Waals surface area contributed by atoms with Crippen molar-refractivity contribution in [1.82, 2.24) is 14.5 Å². The van der Waals surface area contributed by atoms with E-state index in [0.29, 0.717) is 13.1 Å². The van der Waals surface area contributed by atoms with Gasteiger partial charge in [-0.3, -0.25) is 14.6 Å². The summed E-state index contributed by atoms with van der Waals surface area (Å²) in [5.41, 5.74) is -0.0894. The molecule has 6 heteroatoms. The van der Waals surface area contributed by atoms with Crippen molar-refractivity contribution in [1.29, 1.82) is 0 Å². The van der Waals surface area contributed by atoms with Gasteiger partial charge in [-0.2, -0.15) is 0 Å². The lowest BCUT2D eigenvalue weighted by Crippen LogP contribution is -2.48. The molecule has 0 unspecified atom stereocenters. The van der Waals surface area contributed by atoms with Gasteiger partial charge in [0.25, 0.3) is 11.5 Å². The zero-order valence-electron chi connectivity index (χ0n) is 13.9. The second-order valence-electron chi connectivity index (χ2n) is 6.67. The standard InChI is InChI=1S/C18H21N3O3/c1-18(13-7-4-3-5-8-13)9-6-10-21(12-18)16(23)14-11-20(2)17(24)19-15(14)22/h3-5,7-8,11H,6,9-10,12H2,1-2H3,(H,19,22,24)/t18-/m1/s1. The van der Waals surface area contributed by atoms with Crippen molar-refractivity contribution in [3.8, 4) is 0 Å². The summed E-state index contributed by atoms with van der Waals surface area (Å²) in [6, 6.07) is 10.1. The molecule has 2 heterocycles. The third kappa shape index (κ3) is 2.91. The molecular formula is C18H21N3O3. The summed E-state index contributed by atoms with van der Waals surface area (Å²) in [7, 11) is 1.51. The number of aryl methyl sites for hydroxylation is 1. The highest BCUT2D eigenvalue weighted by molar-refractivity contribution is 5.93. The lowest BCUT2D eigenvalue weighted by molar-refractivity contribution is 0.0648. The number of H-pyrrole nitrogens is 1. The smallest absolute Gasteiger partial charge is 0.328 e. The minimum atomic E-state index is -0.630. The van der Waals surface area contributed by atoms with Crippen molar-refractivity contribution >= 4 is 5.91 Å². The first-order chi connectivity index (χ1) is 11.4. The largest absolute Gasteiger partial charge is 0.338 e. The number of likely N-dealkylation sites (tertiary alicyclic amines) is 1. The molecule has 0 bridgehead atoms. The summed E-state index contributed by atoms with van der Waals surface area (Å²) in [5.74, 6) is -0.325. The van der Waals surface area contributed by atoms with E-state index in [1.165, 1.54) is 23.4 Å². The molecule has 24 heavy (non-hydrogen) atoms. The first kappa shape index (κ1) is 16.2. The van der Waals surface area contributed by atoms with Gasteiger partial charge in [0.2, 0.25) is 0 Å². The van der Waals surface area contributed by atoms with Gasteiger partial charge in [-0.25, -0.2) is 4.79 Å². The highest BCUT2D eigenvalue weighted by Crippen LogP contribution is 2.33. The Balaban J connectivity index is 1.90. The van der Waals surface area contributed by atoms with Gasteiger partial charge in [0.15, 0.2) is 0 Å². The van der Waals surface area contributed by atoms with Crippen LogP contribution in [0.1, 0.15) is 35.7 Å². The van der Waals surface area contributed by atoms with Crippen LogP contribution in [0.25, 0.3) is 0 Å². The molecule has 0 radical (unpaired) electrons. The molecule has 2 aromatic rings. The molecule has 1 amide bonds. The van der Waals surface area contributed by atoms with E-state index in [2.05, 4.69) is 24.0 Å². The first-order valence-corrected chi connectivity index (χ1v) is 8.05. The fourth-order valence-electron chi connectivity index (χ4n) is 3.38. The zero-order chi connectivity index (χ0) is 17.3. The summed E-state index contributed by atoms with van der Waals surface area (Å²) in [5, 5.41) is 0. The second-order valence-corrected chi connectivity index (χ2v) is 6.67. The van der Waals surface area contributed by atoms with Crippen LogP contribution in [0.15, 0.2) is 46.1 Å². The topological polar surface area (TPSA) is 75.2 Å². The molecule has 1 atom stereocenters.